The van der Waals surface area contributed by atoms with Crippen molar-refractivity contribution in [2.75, 3.05) is 13.2 Å². The normalized spacial score (nSPS) is 19.0. The Balaban J connectivity index is 2.22. The molecule has 1 aliphatic rings. The lowest BCUT2D eigenvalue weighted by atomic mass is 9.98. The van der Waals surface area contributed by atoms with Gasteiger partial charge in [-0.15, -0.1) is 0 Å². The predicted octanol–water partition coefficient (Wildman–Crippen LogP) is 18.3. The van der Waals surface area contributed by atoms with Crippen LogP contribution < -0.4 is 5.32 Å². The van der Waals surface area contributed by atoms with Crippen LogP contribution in [0, 0.1) is 0 Å². The number of hydrogen-bond donors (Lipinski definition) is 8. The monoisotopic (exact) mass is 1220 g/mol. The molecule has 1 fully saturated rings. The fraction of sp³-hybridized carbons (Fsp3) is 0.880. The Bertz CT molecular complexity index is 1540. The van der Waals surface area contributed by atoms with E-state index in [1.54, 1.807) is 0 Å². The van der Waals surface area contributed by atoms with Crippen LogP contribution in [0.3, 0.4) is 0 Å². The molecule has 0 aromatic carbocycles. The van der Waals surface area contributed by atoms with Gasteiger partial charge >= 0.3 is 0 Å². The molecule has 11 heteroatoms. The molecule has 1 heterocycles. The van der Waals surface area contributed by atoms with Crippen LogP contribution in [0.15, 0.2) is 48.6 Å². The maximum atomic E-state index is 13.3. The molecule has 0 spiro atoms. The molecule has 9 atom stereocenters. The molecule has 8 N–H and O–H groups in total. The zero-order valence-electron chi connectivity index (χ0n) is 56.1. The summed E-state index contributed by atoms with van der Waals surface area (Å²) in [6.45, 7) is 3.49. The number of ether oxygens (including phenoxy) is 2. The third kappa shape index (κ3) is 49.8. The van der Waals surface area contributed by atoms with Crippen LogP contribution >= 0.6 is 0 Å². The predicted molar refractivity (Wildman–Crippen MR) is 362 cm³/mol. The van der Waals surface area contributed by atoms with E-state index in [-0.39, 0.29) is 12.8 Å². The Hall–Kier alpha value is -1.93. The second-order valence-electron chi connectivity index (χ2n) is 26.0. The molecular formula is C75H141NO10. The van der Waals surface area contributed by atoms with Crippen molar-refractivity contribution < 1.29 is 50.0 Å². The molecule has 86 heavy (non-hydrogen) atoms. The van der Waals surface area contributed by atoms with Gasteiger partial charge in [-0.2, -0.15) is 0 Å². The first kappa shape index (κ1) is 82.1. The van der Waals surface area contributed by atoms with E-state index < -0.39 is 74.2 Å². The Kier molecular flexibility index (Phi) is 60.3. The summed E-state index contributed by atoms with van der Waals surface area (Å²) in [5.74, 6) is -0.708. The van der Waals surface area contributed by atoms with Gasteiger partial charge in [0.1, 0.15) is 36.6 Å². The molecule has 0 bridgehead atoms. The molecule has 1 amide bonds. The van der Waals surface area contributed by atoms with E-state index in [0.29, 0.717) is 19.3 Å². The van der Waals surface area contributed by atoms with Crippen LogP contribution in [-0.2, 0) is 14.3 Å². The Morgan fingerprint density at radius 3 is 1.03 bits per heavy atom. The van der Waals surface area contributed by atoms with E-state index in [4.69, 9.17) is 9.47 Å². The standard InChI is InChI=1S/C75H141NO10/c1-3-5-7-9-11-13-15-17-19-21-23-25-27-29-31-33-35-36-38-40-42-44-46-48-50-52-54-56-58-60-62-67(78)70(80)66(65-85-75-73(83)72(82)71(81)69(64-77)86-75)76-74(84)68(79)63-61-59-57-55-53-51-49-47-45-43-41-39-37-34-32-30-28-26-24-22-20-18-16-14-12-10-8-6-4-2/h30,32,38,40,46,48,54,56,66-73,75,77-83H,3-29,31,33-37,39,41-45,47,49-53,55,57-65H2,1-2H3,(H,76,84)/b32-30-,40-38+,48-46+,56-54+. The lowest BCUT2D eigenvalue weighted by Crippen LogP contribution is -2.60. The second-order valence-corrected chi connectivity index (χ2v) is 26.0. The zero-order chi connectivity index (χ0) is 62.4. The van der Waals surface area contributed by atoms with Crippen LogP contribution in [0.1, 0.15) is 354 Å². The highest BCUT2D eigenvalue weighted by Gasteiger charge is 2.44. The second kappa shape index (κ2) is 63.2. The number of allylic oxidation sites excluding steroid dienone is 8. The summed E-state index contributed by atoms with van der Waals surface area (Å²) in [5, 5.41) is 76.5. The quantitative estimate of drug-likeness (QED) is 0.0215. The third-order valence-electron chi connectivity index (χ3n) is 17.8. The van der Waals surface area contributed by atoms with Gasteiger partial charge in [0.15, 0.2) is 6.29 Å². The minimum absolute atomic E-state index is 0.241. The minimum Gasteiger partial charge on any atom is -0.394 e. The maximum Gasteiger partial charge on any atom is 0.249 e. The SMILES string of the molecule is CCCCCCCCCCCCCC/C=C\CCCCCCCCCCCCCCCC(O)C(=O)NC(COC1OC(CO)C(O)C(O)C1O)C(O)C(O)CCC/C=C/CC/C=C/CC/C=C/CCCCCCCCCCCCCCCCCCC. The molecule has 506 valence electrons. The van der Waals surface area contributed by atoms with Gasteiger partial charge in [0, 0.05) is 0 Å². The van der Waals surface area contributed by atoms with Gasteiger partial charge in [-0.1, -0.05) is 313 Å². The summed E-state index contributed by atoms with van der Waals surface area (Å²) in [7, 11) is 0. The topological polar surface area (TPSA) is 189 Å². The average molecular weight is 1220 g/mol. The fourth-order valence-electron chi connectivity index (χ4n) is 11.9. The van der Waals surface area contributed by atoms with Gasteiger partial charge in [-0.05, 0) is 89.9 Å². The molecule has 11 nitrogen and oxygen atoms in total. The van der Waals surface area contributed by atoms with Crippen molar-refractivity contribution in [3.63, 3.8) is 0 Å². The van der Waals surface area contributed by atoms with Crippen molar-refractivity contribution in [1.82, 2.24) is 5.32 Å². The smallest absolute Gasteiger partial charge is 0.249 e. The van der Waals surface area contributed by atoms with E-state index in [0.717, 1.165) is 44.9 Å². The van der Waals surface area contributed by atoms with Crippen LogP contribution in [-0.4, -0.2) is 110 Å². The molecule has 0 saturated carbocycles. The first-order valence-electron chi connectivity index (χ1n) is 37.0. The van der Waals surface area contributed by atoms with Crippen molar-refractivity contribution in [3.8, 4) is 0 Å². The first-order valence-corrected chi connectivity index (χ1v) is 37.0. The molecule has 1 rings (SSSR count). The summed E-state index contributed by atoms with van der Waals surface area (Å²) >= 11 is 0. The van der Waals surface area contributed by atoms with Gasteiger partial charge in [0.2, 0.25) is 5.91 Å². The average Bonchev–Trinajstić information content (AvgIpc) is 3.00. The highest BCUT2D eigenvalue weighted by molar-refractivity contribution is 5.80. The molecular weight excluding hydrogens is 1070 g/mol. The molecule has 0 aromatic heterocycles. The lowest BCUT2D eigenvalue weighted by Gasteiger charge is -2.40. The minimum atomic E-state index is -1.68. The molecule has 9 unspecified atom stereocenters. The lowest BCUT2D eigenvalue weighted by molar-refractivity contribution is -0.303. The number of carbonyl (C=O) groups is 1. The van der Waals surface area contributed by atoms with E-state index in [1.165, 1.54) is 263 Å². The van der Waals surface area contributed by atoms with Crippen molar-refractivity contribution in [3.05, 3.63) is 48.6 Å². The molecule has 1 aliphatic heterocycles. The summed E-state index contributed by atoms with van der Waals surface area (Å²) in [6.07, 6.45) is 72.1. The number of aliphatic hydroxyl groups excluding tert-OH is 7. The van der Waals surface area contributed by atoms with Crippen molar-refractivity contribution in [2.24, 2.45) is 0 Å². The van der Waals surface area contributed by atoms with Gasteiger partial charge in [-0.25, -0.2) is 0 Å². The largest absolute Gasteiger partial charge is 0.394 e. The fourth-order valence-corrected chi connectivity index (χ4v) is 11.9. The number of hydrogen-bond acceptors (Lipinski definition) is 10. The van der Waals surface area contributed by atoms with Crippen molar-refractivity contribution in [2.45, 2.75) is 409 Å². The van der Waals surface area contributed by atoms with Gasteiger partial charge in [-0.3, -0.25) is 4.79 Å². The number of carbonyl (C=O) groups excluding carboxylic acids is 1. The summed E-state index contributed by atoms with van der Waals surface area (Å²) in [5.41, 5.74) is 0. The van der Waals surface area contributed by atoms with Crippen LogP contribution in [0.25, 0.3) is 0 Å². The number of amides is 1. The van der Waals surface area contributed by atoms with E-state index in [2.05, 4.69) is 67.8 Å². The zero-order valence-corrected chi connectivity index (χ0v) is 56.1. The molecule has 0 aliphatic carbocycles. The maximum absolute atomic E-state index is 13.3. The van der Waals surface area contributed by atoms with Crippen molar-refractivity contribution in [1.29, 1.82) is 0 Å². The van der Waals surface area contributed by atoms with E-state index >= 15 is 0 Å². The van der Waals surface area contributed by atoms with E-state index in [1.807, 2.05) is 0 Å². The summed E-state index contributed by atoms with van der Waals surface area (Å²) in [4.78, 5) is 13.3. The summed E-state index contributed by atoms with van der Waals surface area (Å²) < 4.78 is 11.2. The molecule has 1 saturated heterocycles. The number of aliphatic hydroxyl groups is 7. The Labute approximate surface area is 529 Å². The van der Waals surface area contributed by atoms with Gasteiger partial charge in [0.25, 0.3) is 0 Å². The highest BCUT2D eigenvalue weighted by atomic mass is 16.7. The Morgan fingerprint density at radius 2 is 0.698 bits per heavy atom. The first-order chi connectivity index (χ1) is 42.2. The number of rotatable bonds is 65. The molecule has 0 aromatic rings. The number of unbranched alkanes of at least 4 members (excludes halogenated alkanes) is 45. The summed E-state index contributed by atoms with van der Waals surface area (Å²) in [6, 6.07) is -1.20. The van der Waals surface area contributed by atoms with E-state index in [9.17, 15) is 40.5 Å². The van der Waals surface area contributed by atoms with Gasteiger partial charge in [0.05, 0.1) is 25.4 Å². The third-order valence-corrected chi connectivity index (χ3v) is 17.8. The highest BCUT2D eigenvalue weighted by Crippen LogP contribution is 2.24. The van der Waals surface area contributed by atoms with Crippen LogP contribution in [0.2, 0.25) is 0 Å². The van der Waals surface area contributed by atoms with Crippen LogP contribution in [0.4, 0.5) is 0 Å². The molecule has 0 radical (unpaired) electrons. The van der Waals surface area contributed by atoms with Crippen LogP contribution in [0.5, 0.6) is 0 Å². The van der Waals surface area contributed by atoms with Gasteiger partial charge < -0.3 is 50.5 Å². The van der Waals surface area contributed by atoms with Crippen molar-refractivity contribution >= 4 is 5.91 Å². The Morgan fingerprint density at radius 1 is 0.395 bits per heavy atom. The number of nitrogens with one attached hydrogen (secondary N) is 1.